The van der Waals surface area contributed by atoms with Crippen molar-refractivity contribution in [2.45, 2.75) is 25.4 Å². The van der Waals surface area contributed by atoms with Gasteiger partial charge in [0.2, 0.25) is 0 Å². The molecule has 0 N–H and O–H groups in total. The molecule has 1 aromatic rings. The van der Waals surface area contributed by atoms with Crippen molar-refractivity contribution in [1.29, 1.82) is 0 Å². The molecule has 1 fully saturated rings. The Bertz CT molecular complexity index is 386. The molecule has 0 saturated heterocycles. The predicted molar refractivity (Wildman–Crippen MR) is 59.9 cm³/mol. The van der Waals surface area contributed by atoms with Crippen LogP contribution in [-0.4, -0.2) is 18.6 Å². The van der Waals surface area contributed by atoms with Crippen LogP contribution < -0.4 is 4.90 Å². The zero-order valence-corrected chi connectivity index (χ0v) is 9.67. The van der Waals surface area contributed by atoms with Crippen molar-refractivity contribution in [2.75, 3.05) is 18.5 Å². The highest BCUT2D eigenvalue weighted by atomic mass is 19.4. The molecule has 2 nitrogen and oxygen atoms in total. The van der Waals surface area contributed by atoms with Gasteiger partial charge in [-0.05, 0) is 24.5 Å². The zero-order valence-electron chi connectivity index (χ0n) is 9.67. The summed E-state index contributed by atoms with van der Waals surface area (Å²) in [5.74, 6) is 0.733. The lowest BCUT2D eigenvalue weighted by atomic mass is 10.2. The molecule has 0 aromatic carbocycles. The SMILES string of the molecule is CN(CCC1CC1)c1ncccc1C(F)(F)F. The molecular formula is C12H15F3N2. The highest BCUT2D eigenvalue weighted by molar-refractivity contribution is 5.47. The number of hydrogen-bond donors (Lipinski definition) is 0. The van der Waals surface area contributed by atoms with Gasteiger partial charge in [0.15, 0.2) is 0 Å². The number of halogens is 3. The standard InChI is InChI=1S/C12H15F3N2/c1-17(8-6-9-4-5-9)11-10(12(13,14)15)3-2-7-16-11/h2-3,7,9H,4-6,8H2,1H3. The van der Waals surface area contributed by atoms with E-state index in [-0.39, 0.29) is 5.82 Å². The van der Waals surface area contributed by atoms with Gasteiger partial charge in [-0.1, -0.05) is 12.8 Å². The Hall–Kier alpha value is -1.26. The molecule has 1 heterocycles. The molecule has 1 aromatic heterocycles. The maximum Gasteiger partial charge on any atom is 0.419 e. The Balaban J connectivity index is 2.12. The molecular weight excluding hydrogens is 229 g/mol. The summed E-state index contributed by atoms with van der Waals surface area (Å²) in [6, 6.07) is 2.40. The molecule has 1 aliphatic carbocycles. The van der Waals surface area contributed by atoms with Gasteiger partial charge in [0.05, 0.1) is 5.56 Å². The van der Waals surface area contributed by atoms with E-state index in [0.717, 1.165) is 12.5 Å². The third kappa shape index (κ3) is 3.11. The van der Waals surface area contributed by atoms with E-state index < -0.39 is 11.7 Å². The van der Waals surface area contributed by atoms with Crippen LogP contribution in [0.5, 0.6) is 0 Å². The van der Waals surface area contributed by atoms with Crippen LogP contribution in [0, 0.1) is 5.92 Å². The first-order chi connectivity index (χ1) is 7.98. The van der Waals surface area contributed by atoms with Crippen LogP contribution in [0.1, 0.15) is 24.8 Å². The van der Waals surface area contributed by atoms with E-state index in [9.17, 15) is 13.2 Å². The fourth-order valence-corrected chi connectivity index (χ4v) is 1.81. The molecule has 0 radical (unpaired) electrons. The van der Waals surface area contributed by atoms with Gasteiger partial charge < -0.3 is 4.90 Å². The number of hydrogen-bond acceptors (Lipinski definition) is 2. The summed E-state index contributed by atoms with van der Waals surface area (Å²) in [5.41, 5.74) is -0.654. The third-order valence-electron chi connectivity index (χ3n) is 3.02. The van der Waals surface area contributed by atoms with Crippen LogP contribution >= 0.6 is 0 Å². The molecule has 5 heteroatoms. The Morgan fingerprint density at radius 2 is 2.12 bits per heavy atom. The summed E-state index contributed by atoms with van der Waals surface area (Å²) in [6.07, 6.45) is 0.435. The summed E-state index contributed by atoms with van der Waals surface area (Å²) >= 11 is 0. The van der Waals surface area contributed by atoms with Crippen molar-refractivity contribution in [3.05, 3.63) is 23.9 Å². The minimum absolute atomic E-state index is 0.0284. The van der Waals surface area contributed by atoms with Crippen LogP contribution in [0.25, 0.3) is 0 Å². The van der Waals surface area contributed by atoms with E-state index in [1.807, 2.05) is 0 Å². The summed E-state index contributed by atoms with van der Waals surface area (Å²) in [5, 5.41) is 0. The van der Waals surface area contributed by atoms with E-state index in [2.05, 4.69) is 4.98 Å². The number of nitrogens with zero attached hydrogens (tertiary/aromatic N) is 2. The first-order valence-electron chi connectivity index (χ1n) is 5.72. The maximum atomic E-state index is 12.8. The highest BCUT2D eigenvalue weighted by Crippen LogP contribution is 2.36. The lowest BCUT2D eigenvalue weighted by Crippen LogP contribution is -2.24. The van der Waals surface area contributed by atoms with Crippen LogP contribution in [-0.2, 0) is 6.18 Å². The molecule has 0 unspecified atom stereocenters. The van der Waals surface area contributed by atoms with E-state index >= 15 is 0 Å². The molecule has 0 amide bonds. The number of aromatic nitrogens is 1. The summed E-state index contributed by atoms with van der Waals surface area (Å²) in [6.45, 7) is 0.630. The average Bonchev–Trinajstić information content (AvgIpc) is 3.08. The normalized spacial score (nSPS) is 16.0. The van der Waals surface area contributed by atoms with Crippen molar-refractivity contribution in [3.63, 3.8) is 0 Å². The van der Waals surface area contributed by atoms with Crippen molar-refractivity contribution < 1.29 is 13.2 Å². The second-order valence-electron chi connectivity index (χ2n) is 4.53. The summed E-state index contributed by atoms with van der Waals surface area (Å²) in [7, 11) is 1.67. The largest absolute Gasteiger partial charge is 0.419 e. The topological polar surface area (TPSA) is 16.1 Å². The Labute approximate surface area is 98.5 Å². The first-order valence-corrected chi connectivity index (χ1v) is 5.72. The van der Waals surface area contributed by atoms with Crippen molar-refractivity contribution >= 4 is 5.82 Å². The molecule has 0 aliphatic heterocycles. The fraction of sp³-hybridized carbons (Fsp3) is 0.583. The van der Waals surface area contributed by atoms with E-state index in [1.54, 1.807) is 11.9 Å². The molecule has 17 heavy (non-hydrogen) atoms. The Kier molecular flexibility index (Phi) is 3.26. The maximum absolute atomic E-state index is 12.8. The molecule has 2 rings (SSSR count). The fourth-order valence-electron chi connectivity index (χ4n) is 1.81. The molecule has 0 spiro atoms. The highest BCUT2D eigenvalue weighted by Gasteiger charge is 2.35. The van der Waals surface area contributed by atoms with Gasteiger partial charge in [-0.3, -0.25) is 0 Å². The van der Waals surface area contributed by atoms with E-state index in [1.165, 1.54) is 25.1 Å². The van der Waals surface area contributed by atoms with Crippen LogP contribution in [0.3, 0.4) is 0 Å². The van der Waals surface area contributed by atoms with E-state index in [0.29, 0.717) is 12.5 Å². The van der Waals surface area contributed by atoms with E-state index in [4.69, 9.17) is 0 Å². The van der Waals surface area contributed by atoms with Gasteiger partial charge in [-0.15, -0.1) is 0 Å². The summed E-state index contributed by atoms with van der Waals surface area (Å²) in [4.78, 5) is 5.45. The second kappa shape index (κ2) is 4.55. The Morgan fingerprint density at radius 1 is 1.41 bits per heavy atom. The number of alkyl halides is 3. The monoisotopic (exact) mass is 244 g/mol. The summed E-state index contributed by atoms with van der Waals surface area (Å²) < 4.78 is 38.3. The lowest BCUT2D eigenvalue weighted by molar-refractivity contribution is -0.137. The first kappa shape index (κ1) is 12.2. The van der Waals surface area contributed by atoms with Gasteiger partial charge in [-0.2, -0.15) is 13.2 Å². The third-order valence-corrected chi connectivity index (χ3v) is 3.02. The minimum atomic E-state index is -4.34. The van der Waals surface area contributed by atoms with Crippen molar-refractivity contribution in [1.82, 2.24) is 4.98 Å². The Morgan fingerprint density at radius 3 is 2.71 bits per heavy atom. The van der Waals surface area contributed by atoms with Gasteiger partial charge in [0, 0.05) is 19.8 Å². The van der Waals surface area contributed by atoms with Gasteiger partial charge in [-0.25, -0.2) is 4.98 Å². The van der Waals surface area contributed by atoms with Crippen LogP contribution in [0.2, 0.25) is 0 Å². The van der Waals surface area contributed by atoms with Crippen molar-refractivity contribution in [2.24, 2.45) is 5.92 Å². The molecule has 94 valence electrons. The van der Waals surface area contributed by atoms with Gasteiger partial charge in [0.1, 0.15) is 5.82 Å². The van der Waals surface area contributed by atoms with Gasteiger partial charge >= 0.3 is 6.18 Å². The molecule has 0 bridgehead atoms. The van der Waals surface area contributed by atoms with Gasteiger partial charge in [0.25, 0.3) is 0 Å². The smallest absolute Gasteiger partial charge is 0.359 e. The number of rotatable bonds is 4. The lowest BCUT2D eigenvalue weighted by Gasteiger charge is -2.21. The quantitative estimate of drug-likeness (QED) is 0.807. The molecule has 1 aliphatic rings. The van der Waals surface area contributed by atoms with Crippen molar-refractivity contribution in [3.8, 4) is 0 Å². The average molecular weight is 244 g/mol. The molecule has 1 saturated carbocycles. The second-order valence-corrected chi connectivity index (χ2v) is 4.53. The van der Waals surface area contributed by atoms with Crippen LogP contribution in [0.15, 0.2) is 18.3 Å². The van der Waals surface area contributed by atoms with Crippen LogP contribution in [0.4, 0.5) is 19.0 Å². The zero-order chi connectivity index (χ0) is 12.5. The molecule has 0 atom stereocenters. The minimum Gasteiger partial charge on any atom is -0.359 e. The number of pyridine rings is 1. The number of anilines is 1. The predicted octanol–water partition coefficient (Wildman–Crippen LogP) is 3.34.